The number of rotatable bonds is 5. The summed E-state index contributed by atoms with van der Waals surface area (Å²) in [6.45, 7) is 7.88. The summed E-state index contributed by atoms with van der Waals surface area (Å²) in [6, 6.07) is 0. The van der Waals surface area contributed by atoms with E-state index in [4.69, 9.17) is 9.47 Å². The van der Waals surface area contributed by atoms with Gasteiger partial charge in [-0.1, -0.05) is 0 Å². The molecule has 0 aromatic carbocycles. The molecule has 3 rings (SSSR count). The molecule has 1 aromatic heterocycles. The number of aryl methyl sites for hydroxylation is 2. The number of ether oxygens (including phenoxy) is 2. The highest BCUT2D eigenvalue weighted by atomic mass is 32.2. The van der Waals surface area contributed by atoms with E-state index in [0.29, 0.717) is 50.5 Å². The van der Waals surface area contributed by atoms with E-state index < -0.39 is 16.0 Å². The number of aromatic nitrogens is 1. The zero-order valence-electron chi connectivity index (χ0n) is 17.2. The predicted octanol–water partition coefficient (Wildman–Crippen LogP) is 1.07. The van der Waals surface area contributed by atoms with Crippen LogP contribution in [0.15, 0.2) is 4.90 Å². The molecule has 0 bridgehead atoms. The number of morpholine rings is 1. The quantitative estimate of drug-likeness (QED) is 0.704. The molecule has 0 atom stereocenters. The van der Waals surface area contributed by atoms with E-state index in [1.807, 2.05) is 0 Å². The molecule has 9 nitrogen and oxygen atoms in total. The van der Waals surface area contributed by atoms with Gasteiger partial charge in [-0.25, -0.2) is 13.2 Å². The number of nitrogens with zero attached hydrogens (tertiary/aromatic N) is 2. The van der Waals surface area contributed by atoms with Crippen LogP contribution in [0.1, 0.15) is 41.5 Å². The number of sulfonamides is 1. The Labute approximate surface area is 171 Å². The van der Waals surface area contributed by atoms with Crippen LogP contribution in [0.25, 0.3) is 0 Å². The fourth-order valence-electron chi connectivity index (χ4n) is 4.04. The van der Waals surface area contributed by atoms with Gasteiger partial charge in [-0.15, -0.1) is 0 Å². The van der Waals surface area contributed by atoms with Gasteiger partial charge in [0, 0.05) is 43.5 Å². The maximum Gasteiger partial charge on any atom is 0.341 e. The molecule has 0 radical (unpaired) electrons. The van der Waals surface area contributed by atoms with Crippen molar-refractivity contribution >= 4 is 21.9 Å². The van der Waals surface area contributed by atoms with Crippen LogP contribution in [0.5, 0.6) is 0 Å². The summed E-state index contributed by atoms with van der Waals surface area (Å²) in [5, 5.41) is 0. The SMILES string of the molecule is CCOC(=O)c1c(C)[nH]c(C)c1S(=O)(=O)N1CCC(C(=O)N2CCOCC2)CC1. The van der Waals surface area contributed by atoms with Crippen molar-refractivity contribution in [1.82, 2.24) is 14.2 Å². The van der Waals surface area contributed by atoms with Gasteiger partial charge in [-0.3, -0.25) is 4.79 Å². The van der Waals surface area contributed by atoms with E-state index in [0.717, 1.165) is 0 Å². The summed E-state index contributed by atoms with van der Waals surface area (Å²) in [5.74, 6) is -0.755. The summed E-state index contributed by atoms with van der Waals surface area (Å²) < 4.78 is 38.3. The largest absolute Gasteiger partial charge is 0.462 e. The molecule has 0 saturated carbocycles. The van der Waals surface area contributed by atoms with Crippen molar-refractivity contribution in [1.29, 1.82) is 0 Å². The maximum absolute atomic E-state index is 13.3. The molecule has 10 heteroatoms. The zero-order valence-corrected chi connectivity index (χ0v) is 18.0. The van der Waals surface area contributed by atoms with Gasteiger partial charge in [-0.2, -0.15) is 4.31 Å². The Hall–Kier alpha value is -1.91. The smallest absolute Gasteiger partial charge is 0.341 e. The molecular weight excluding hydrogens is 398 g/mol. The second-order valence-corrected chi connectivity index (χ2v) is 9.29. The molecule has 2 aliphatic heterocycles. The number of piperidine rings is 1. The van der Waals surface area contributed by atoms with Gasteiger partial charge in [0.15, 0.2) is 0 Å². The lowest BCUT2D eigenvalue weighted by Crippen LogP contribution is -2.47. The molecule has 2 aliphatic rings. The van der Waals surface area contributed by atoms with E-state index in [-0.39, 0.29) is 42.0 Å². The third-order valence-corrected chi connectivity index (χ3v) is 7.59. The third-order valence-electron chi connectivity index (χ3n) is 5.52. The van der Waals surface area contributed by atoms with Crippen LogP contribution in [-0.4, -0.2) is 80.5 Å². The average Bonchev–Trinajstić information content (AvgIpc) is 3.03. The number of amides is 1. The highest BCUT2D eigenvalue weighted by molar-refractivity contribution is 7.89. The van der Waals surface area contributed by atoms with Crippen molar-refractivity contribution in [2.45, 2.75) is 38.5 Å². The van der Waals surface area contributed by atoms with Gasteiger partial charge in [0.05, 0.1) is 19.8 Å². The summed E-state index contributed by atoms with van der Waals surface area (Å²) in [6.07, 6.45) is 0.930. The minimum atomic E-state index is -3.88. The first-order chi connectivity index (χ1) is 13.8. The van der Waals surface area contributed by atoms with Crippen LogP contribution in [0, 0.1) is 19.8 Å². The second kappa shape index (κ2) is 8.85. The molecule has 1 amide bonds. The van der Waals surface area contributed by atoms with Crippen LogP contribution in [0.3, 0.4) is 0 Å². The number of carbonyl (C=O) groups excluding carboxylic acids is 2. The Kier molecular flexibility index (Phi) is 6.65. The Morgan fingerprint density at radius 1 is 1.10 bits per heavy atom. The monoisotopic (exact) mass is 427 g/mol. The molecule has 1 aromatic rings. The predicted molar refractivity (Wildman–Crippen MR) is 105 cm³/mol. The van der Waals surface area contributed by atoms with Crippen molar-refractivity contribution in [3.05, 3.63) is 17.0 Å². The van der Waals surface area contributed by atoms with E-state index in [1.54, 1.807) is 25.7 Å². The standard InChI is InChI=1S/C19H29N3O6S/c1-4-28-19(24)16-13(2)20-14(3)17(16)29(25,26)22-7-5-15(6-8-22)18(23)21-9-11-27-12-10-21/h15,20H,4-12H2,1-3H3. The van der Waals surface area contributed by atoms with Crippen LogP contribution >= 0.6 is 0 Å². The Balaban J connectivity index is 1.75. The van der Waals surface area contributed by atoms with Crippen molar-refractivity contribution in [3.8, 4) is 0 Å². The van der Waals surface area contributed by atoms with Gasteiger partial charge in [-0.05, 0) is 33.6 Å². The van der Waals surface area contributed by atoms with Gasteiger partial charge in [0.1, 0.15) is 10.5 Å². The van der Waals surface area contributed by atoms with E-state index >= 15 is 0 Å². The lowest BCUT2D eigenvalue weighted by Gasteiger charge is -2.35. The van der Waals surface area contributed by atoms with Crippen molar-refractivity contribution in [3.63, 3.8) is 0 Å². The minimum absolute atomic E-state index is 0.0218. The molecule has 2 saturated heterocycles. The number of hydrogen-bond acceptors (Lipinski definition) is 6. The van der Waals surface area contributed by atoms with E-state index in [2.05, 4.69) is 4.98 Å². The van der Waals surface area contributed by atoms with Crippen LogP contribution in [0.2, 0.25) is 0 Å². The summed E-state index contributed by atoms with van der Waals surface area (Å²) >= 11 is 0. The molecule has 0 unspecified atom stereocenters. The molecule has 2 fully saturated rings. The second-order valence-electron chi connectivity index (χ2n) is 7.42. The maximum atomic E-state index is 13.3. The number of esters is 1. The first kappa shape index (κ1) is 21.8. The van der Waals surface area contributed by atoms with Crippen LogP contribution in [0.4, 0.5) is 0 Å². The molecule has 1 N–H and O–H groups in total. The molecule has 3 heterocycles. The normalized spacial score (nSPS) is 19.3. The lowest BCUT2D eigenvalue weighted by molar-refractivity contribution is -0.140. The van der Waals surface area contributed by atoms with E-state index in [9.17, 15) is 18.0 Å². The number of aromatic amines is 1. The van der Waals surface area contributed by atoms with Gasteiger partial charge in [0.25, 0.3) is 0 Å². The topological polar surface area (TPSA) is 109 Å². The fraction of sp³-hybridized carbons (Fsp3) is 0.684. The molecule has 162 valence electrons. The van der Waals surface area contributed by atoms with Crippen molar-refractivity contribution in [2.24, 2.45) is 5.92 Å². The minimum Gasteiger partial charge on any atom is -0.462 e. The molecule has 0 aliphatic carbocycles. The first-order valence-electron chi connectivity index (χ1n) is 10.00. The van der Waals surface area contributed by atoms with Crippen LogP contribution < -0.4 is 0 Å². The third kappa shape index (κ3) is 4.34. The van der Waals surface area contributed by atoms with Crippen molar-refractivity contribution < 1.29 is 27.5 Å². The highest BCUT2D eigenvalue weighted by Crippen LogP contribution is 2.31. The Morgan fingerprint density at radius 2 is 1.72 bits per heavy atom. The Morgan fingerprint density at radius 3 is 2.31 bits per heavy atom. The lowest BCUT2D eigenvalue weighted by atomic mass is 9.96. The Bertz CT molecular complexity index is 865. The summed E-state index contributed by atoms with van der Waals surface area (Å²) in [5.41, 5.74) is 0.949. The summed E-state index contributed by atoms with van der Waals surface area (Å²) in [4.78, 5) is 29.8. The molecule has 0 spiro atoms. The molecular formula is C19H29N3O6S. The number of nitrogens with one attached hydrogen (secondary N) is 1. The number of H-pyrrole nitrogens is 1. The van der Waals surface area contributed by atoms with Gasteiger partial charge >= 0.3 is 5.97 Å². The van der Waals surface area contributed by atoms with Crippen molar-refractivity contribution in [2.75, 3.05) is 46.0 Å². The average molecular weight is 428 g/mol. The molecule has 29 heavy (non-hydrogen) atoms. The number of carbonyl (C=O) groups is 2. The first-order valence-corrected chi connectivity index (χ1v) is 11.4. The highest BCUT2D eigenvalue weighted by Gasteiger charge is 2.38. The zero-order chi connectivity index (χ0) is 21.2. The summed E-state index contributed by atoms with van der Waals surface area (Å²) in [7, 11) is -3.88. The van der Waals surface area contributed by atoms with Gasteiger partial charge < -0.3 is 19.4 Å². The van der Waals surface area contributed by atoms with Gasteiger partial charge in [0.2, 0.25) is 15.9 Å². The van der Waals surface area contributed by atoms with Crippen LogP contribution in [-0.2, 0) is 24.3 Å². The fourth-order valence-corrected chi connectivity index (χ4v) is 5.93. The van der Waals surface area contributed by atoms with E-state index in [1.165, 1.54) is 4.31 Å². The number of hydrogen-bond donors (Lipinski definition) is 1.